The number of hydrogen-bond acceptors (Lipinski definition) is 0. The number of fused-ring (bicyclic) bond motifs is 4. The molecule has 1 aromatic heterocycles. The van der Waals surface area contributed by atoms with Gasteiger partial charge in [0, 0.05) is 22.0 Å². The Morgan fingerprint density at radius 1 is 0.478 bits per heavy atom. The third-order valence-corrected chi connectivity index (χ3v) is 11.2. The van der Waals surface area contributed by atoms with Crippen LogP contribution in [0.3, 0.4) is 0 Å². The van der Waals surface area contributed by atoms with Gasteiger partial charge in [-0.3, -0.25) is 0 Å². The van der Waals surface area contributed by atoms with Crippen LogP contribution in [0, 0.1) is 0 Å². The summed E-state index contributed by atoms with van der Waals surface area (Å²) in [5.41, 5.74) is 18.9. The summed E-state index contributed by atoms with van der Waals surface area (Å²) in [6.07, 6.45) is 0.957. The molecule has 4 heterocycles. The van der Waals surface area contributed by atoms with Gasteiger partial charge in [-0.1, -0.05) is 151 Å². The van der Waals surface area contributed by atoms with E-state index in [-0.39, 0.29) is 6.71 Å². The Hall–Kier alpha value is -5.60. The Labute approximate surface area is 268 Å². The summed E-state index contributed by atoms with van der Waals surface area (Å²) in [6, 6.07) is 59.4. The molecule has 0 radical (unpaired) electrons. The van der Waals surface area contributed by atoms with Gasteiger partial charge in [-0.05, 0) is 74.0 Å². The zero-order valence-electron chi connectivity index (χ0n) is 25.2. The second kappa shape index (κ2) is 8.77. The molecule has 0 saturated heterocycles. The summed E-state index contributed by atoms with van der Waals surface area (Å²) >= 11 is 0. The highest BCUT2D eigenvalue weighted by Crippen LogP contribution is 2.49. The first-order valence-corrected chi connectivity index (χ1v) is 16.4. The maximum Gasteiger partial charge on any atom is 0.248 e. The normalized spacial score (nSPS) is 14.6. The molecule has 0 atom stereocenters. The van der Waals surface area contributed by atoms with Crippen LogP contribution in [0.15, 0.2) is 158 Å². The van der Waals surface area contributed by atoms with Crippen LogP contribution < -0.4 is 16.4 Å². The van der Waals surface area contributed by atoms with E-state index in [2.05, 4.69) is 162 Å². The Bertz CT molecular complexity index is 2500. The lowest BCUT2D eigenvalue weighted by molar-refractivity contribution is 0.748. The predicted octanol–water partition coefficient (Wildman–Crippen LogP) is 7.88. The molecule has 0 aliphatic carbocycles. The molecule has 0 fully saturated rings. The maximum atomic E-state index is 2.62. The van der Waals surface area contributed by atoms with E-state index in [4.69, 9.17) is 0 Å². The molecule has 0 N–H and O–H groups in total. The van der Waals surface area contributed by atoms with E-state index in [1.807, 2.05) is 0 Å². The number of aromatic nitrogens is 1. The van der Waals surface area contributed by atoms with Gasteiger partial charge in [0.1, 0.15) is 0 Å². The lowest BCUT2D eigenvalue weighted by Crippen LogP contribution is -2.67. The maximum absolute atomic E-state index is 2.62. The molecule has 0 unspecified atom stereocenters. The van der Waals surface area contributed by atoms with Gasteiger partial charge < -0.3 is 4.57 Å². The van der Waals surface area contributed by atoms with E-state index >= 15 is 0 Å². The van der Waals surface area contributed by atoms with Crippen LogP contribution in [0.5, 0.6) is 0 Å². The molecule has 46 heavy (non-hydrogen) atoms. The summed E-state index contributed by atoms with van der Waals surface area (Å²) in [4.78, 5) is 0. The van der Waals surface area contributed by atoms with Crippen LogP contribution in [0.1, 0.15) is 33.4 Å². The standard InChI is InChI=1S/C44H28BN/c1-4-12-28(13-5-1)29-22-24-34-35-25-23-31-26-30-14-10-19-36-40(30)45-41(31)43(35)46(39(34)27-29)38-21-11-20-37(42(38)45)44(36,32-15-6-2-7-16-32)33-17-8-3-9-18-33/h1-25,27H,26H2. The minimum absolute atomic E-state index is 0.204. The topological polar surface area (TPSA) is 4.93 Å². The van der Waals surface area contributed by atoms with Crippen LogP contribution in [0.4, 0.5) is 0 Å². The third kappa shape index (κ3) is 2.89. The van der Waals surface area contributed by atoms with Crippen LogP contribution in [-0.2, 0) is 11.8 Å². The van der Waals surface area contributed by atoms with E-state index in [1.165, 1.54) is 88.4 Å². The summed E-state index contributed by atoms with van der Waals surface area (Å²) in [6.45, 7) is 0.204. The number of nitrogens with zero attached hydrogens (tertiary/aromatic N) is 1. The van der Waals surface area contributed by atoms with Crippen molar-refractivity contribution in [3.05, 3.63) is 191 Å². The van der Waals surface area contributed by atoms with Gasteiger partial charge in [0.05, 0.1) is 10.9 Å². The highest BCUT2D eigenvalue weighted by molar-refractivity contribution is 7.00. The SMILES string of the molecule is c1ccc(-c2ccc3c4ccc5c6c4n(c3c2)-c2cccc3c2B6c2c(cccc2C3(c2ccccc2)c2ccccc2)C5)cc1. The fraction of sp³-hybridized carbons (Fsp3) is 0.0455. The molecule has 2 heteroatoms. The lowest BCUT2D eigenvalue weighted by atomic mass is 9.27. The molecule has 8 aromatic rings. The van der Waals surface area contributed by atoms with Crippen molar-refractivity contribution in [1.29, 1.82) is 0 Å². The summed E-state index contributed by atoms with van der Waals surface area (Å²) in [5.74, 6) is 0. The molecule has 0 saturated carbocycles. The van der Waals surface area contributed by atoms with Crippen molar-refractivity contribution in [2.24, 2.45) is 0 Å². The summed E-state index contributed by atoms with van der Waals surface area (Å²) < 4.78 is 2.62. The van der Waals surface area contributed by atoms with Crippen LogP contribution >= 0.6 is 0 Å². The van der Waals surface area contributed by atoms with Crippen molar-refractivity contribution in [2.75, 3.05) is 0 Å². The van der Waals surface area contributed by atoms with Gasteiger partial charge >= 0.3 is 0 Å². The van der Waals surface area contributed by atoms with E-state index in [0.717, 1.165) is 6.42 Å². The predicted molar refractivity (Wildman–Crippen MR) is 192 cm³/mol. The van der Waals surface area contributed by atoms with E-state index in [9.17, 15) is 0 Å². The molecule has 0 spiro atoms. The first kappa shape index (κ1) is 24.7. The number of rotatable bonds is 3. The highest BCUT2D eigenvalue weighted by Gasteiger charge is 2.52. The van der Waals surface area contributed by atoms with Gasteiger partial charge in [0.2, 0.25) is 6.71 Å². The molecule has 7 aromatic carbocycles. The van der Waals surface area contributed by atoms with Crippen molar-refractivity contribution >= 4 is 44.9 Å². The van der Waals surface area contributed by atoms with Gasteiger partial charge in [-0.2, -0.15) is 0 Å². The minimum Gasteiger partial charge on any atom is -0.310 e. The third-order valence-electron chi connectivity index (χ3n) is 11.2. The van der Waals surface area contributed by atoms with Crippen molar-refractivity contribution in [3.8, 4) is 16.8 Å². The Morgan fingerprint density at radius 3 is 1.85 bits per heavy atom. The van der Waals surface area contributed by atoms with E-state index in [1.54, 1.807) is 0 Å². The zero-order valence-corrected chi connectivity index (χ0v) is 25.2. The van der Waals surface area contributed by atoms with Crippen molar-refractivity contribution in [2.45, 2.75) is 11.8 Å². The highest BCUT2D eigenvalue weighted by atomic mass is 15.0. The molecular weight excluding hydrogens is 553 g/mol. The van der Waals surface area contributed by atoms with Crippen molar-refractivity contribution in [1.82, 2.24) is 4.57 Å². The first-order chi connectivity index (χ1) is 22.8. The van der Waals surface area contributed by atoms with E-state index < -0.39 is 5.41 Å². The Balaban J connectivity index is 1.35. The van der Waals surface area contributed by atoms with Gasteiger partial charge in [-0.25, -0.2) is 0 Å². The van der Waals surface area contributed by atoms with Crippen molar-refractivity contribution in [3.63, 3.8) is 0 Å². The molecule has 3 aliphatic rings. The number of benzene rings is 7. The molecule has 0 bridgehead atoms. The van der Waals surface area contributed by atoms with Gasteiger partial charge in [0.25, 0.3) is 0 Å². The van der Waals surface area contributed by atoms with Crippen LogP contribution in [0.2, 0.25) is 0 Å². The fourth-order valence-corrected chi connectivity index (χ4v) is 9.47. The zero-order chi connectivity index (χ0) is 30.0. The minimum atomic E-state index is -0.434. The number of hydrogen-bond donors (Lipinski definition) is 0. The van der Waals surface area contributed by atoms with E-state index in [0.29, 0.717) is 0 Å². The Morgan fingerprint density at radius 2 is 1.11 bits per heavy atom. The first-order valence-electron chi connectivity index (χ1n) is 16.4. The lowest BCUT2D eigenvalue weighted by Gasteiger charge is -2.48. The van der Waals surface area contributed by atoms with Gasteiger partial charge in [-0.15, -0.1) is 0 Å². The summed E-state index contributed by atoms with van der Waals surface area (Å²) in [7, 11) is 0. The second-order valence-corrected chi connectivity index (χ2v) is 13.2. The summed E-state index contributed by atoms with van der Waals surface area (Å²) in [5, 5.41) is 2.68. The Kier molecular flexibility index (Phi) is 4.71. The van der Waals surface area contributed by atoms with Crippen LogP contribution in [-0.4, -0.2) is 11.3 Å². The molecule has 11 rings (SSSR count). The largest absolute Gasteiger partial charge is 0.310 e. The molecule has 212 valence electrons. The second-order valence-electron chi connectivity index (χ2n) is 13.2. The molecule has 0 amide bonds. The van der Waals surface area contributed by atoms with Crippen LogP contribution in [0.25, 0.3) is 38.6 Å². The average Bonchev–Trinajstić information content (AvgIpc) is 3.47. The van der Waals surface area contributed by atoms with Gasteiger partial charge in [0.15, 0.2) is 0 Å². The monoisotopic (exact) mass is 581 g/mol. The quantitative estimate of drug-likeness (QED) is 0.187. The molecule has 1 nitrogen and oxygen atoms in total. The average molecular weight is 582 g/mol. The molecule has 3 aliphatic heterocycles. The smallest absolute Gasteiger partial charge is 0.248 e. The van der Waals surface area contributed by atoms with Crippen molar-refractivity contribution < 1.29 is 0 Å². The fourth-order valence-electron chi connectivity index (χ4n) is 9.47. The molecular formula is C44H28BN.